The van der Waals surface area contributed by atoms with Crippen LogP contribution in [-0.2, 0) is 0 Å². The van der Waals surface area contributed by atoms with Crippen molar-refractivity contribution in [2.75, 3.05) is 6.61 Å². The molecule has 1 aromatic rings. The van der Waals surface area contributed by atoms with Gasteiger partial charge in [-0.05, 0) is 25.0 Å². The van der Waals surface area contributed by atoms with Crippen molar-refractivity contribution in [2.24, 2.45) is 5.73 Å². The molecule has 0 aliphatic carbocycles. The minimum atomic E-state index is -0.284. The first-order valence-corrected chi connectivity index (χ1v) is 5.41. The third-order valence-corrected chi connectivity index (χ3v) is 2.79. The summed E-state index contributed by atoms with van der Waals surface area (Å²) in [7, 11) is 0. The fourth-order valence-corrected chi connectivity index (χ4v) is 1.21. The van der Waals surface area contributed by atoms with Crippen LogP contribution in [0.25, 0.3) is 0 Å². The van der Waals surface area contributed by atoms with Gasteiger partial charge >= 0.3 is 0 Å². The van der Waals surface area contributed by atoms with Gasteiger partial charge in [0.15, 0.2) is 0 Å². The van der Waals surface area contributed by atoms with E-state index in [-0.39, 0.29) is 5.54 Å². The minimum Gasteiger partial charge on any atom is -0.490 e. The number of nitrogens with zero attached hydrogens (tertiary/aromatic N) is 2. The van der Waals surface area contributed by atoms with Crippen LogP contribution in [0.15, 0.2) is 18.3 Å². The van der Waals surface area contributed by atoms with Gasteiger partial charge in [0.05, 0.1) is 6.20 Å². The molecule has 0 aliphatic rings. The first-order valence-electron chi connectivity index (χ1n) is 5.41. The van der Waals surface area contributed by atoms with Crippen LogP contribution in [-0.4, -0.2) is 17.1 Å². The third-order valence-electron chi connectivity index (χ3n) is 2.79. The predicted molar refractivity (Wildman–Crippen MR) is 61.9 cm³/mol. The van der Waals surface area contributed by atoms with E-state index in [0.717, 1.165) is 12.8 Å². The fraction of sp³-hybridized carbons (Fsp3) is 0.500. The molecule has 1 aromatic heterocycles. The van der Waals surface area contributed by atoms with Gasteiger partial charge in [-0.15, -0.1) is 0 Å². The number of pyridine rings is 1. The van der Waals surface area contributed by atoms with Crippen molar-refractivity contribution in [1.29, 1.82) is 5.26 Å². The van der Waals surface area contributed by atoms with Gasteiger partial charge < -0.3 is 10.5 Å². The molecule has 0 spiro atoms. The summed E-state index contributed by atoms with van der Waals surface area (Å²) in [6.45, 7) is 4.56. The number of nitrogens with two attached hydrogens (primary N) is 1. The molecule has 4 nitrogen and oxygen atoms in total. The Bertz CT molecular complexity index is 363. The average Bonchev–Trinajstić information content (AvgIpc) is 2.36. The lowest BCUT2D eigenvalue weighted by molar-refractivity contribution is 0.206. The Morgan fingerprint density at radius 3 is 2.56 bits per heavy atom. The van der Waals surface area contributed by atoms with Crippen molar-refractivity contribution < 1.29 is 4.74 Å². The second kappa shape index (κ2) is 5.47. The maximum Gasteiger partial charge on any atom is 0.140 e. The summed E-state index contributed by atoms with van der Waals surface area (Å²) < 4.78 is 5.56. The van der Waals surface area contributed by atoms with Crippen LogP contribution in [0.1, 0.15) is 32.4 Å². The summed E-state index contributed by atoms with van der Waals surface area (Å²) in [6, 6.07) is 5.32. The van der Waals surface area contributed by atoms with Crippen molar-refractivity contribution >= 4 is 0 Å². The number of nitriles is 1. The predicted octanol–water partition coefficient (Wildman–Crippen LogP) is 1.85. The van der Waals surface area contributed by atoms with Gasteiger partial charge in [0.1, 0.15) is 24.1 Å². The molecule has 0 amide bonds. The standard InChI is InChI=1S/C12H17N3O/c1-3-12(14,4-2)9-16-11-6-5-10(7-13)15-8-11/h5-6,8H,3-4,9,14H2,1-2H3. The molecule has 2 N–H and O–H groups in total. The third kappa shape index (κ3) is 3.21. The molecule has 0 fully saturated rings. The Balaban J connectivity index is 2.58. The quantitative estimate of drug-likeness (QED) is 0.820. The van der Waals surface area contributed by atoms with E-state index in [1.165, 1.54) is 0 Å². The van der Waals surface area contributed by atoms with E-state index in [1.807, 2.05) is 19.9 Å². The molecule has 0 atom stereocenters. The highest BCUT2D eigenvalue weighted by atomic mass is 16.5. The summed E-state index contributed by atoms with van der Waals surface area (Å²) >= 11 is 0. The van der Waals surface area contributed by atoms with Crippen molar-refractivity contribution in [3.63, 3.8) is 0 Å². The molecule has 4 heteroatoms. The maximum absolute atomic E-state index is 8.59. The number of hydrogen-bond acceptors (Lipinski definition) is 4. The second-order valence-corrected chi connectivity index (χ2v) is 3.85. The number of ether oxygens (including phenoxy) is 1. The lowest BCUT2D eigenvalue weighted by Gasteiger charge is -2.26. The molecule has 0 bridgehead atoms. The number of aromatic nitrogens is 1. The summed E-state index contributed by atoms with van der Waals surface area (Å²) in [5, 5.41) is 8.59. The van der Waals surface area contributed by atoms with E-state index in [1.54, 1.807) is 18.3 Å². The lowest BCUT2D eigenvalue weighted by Crippen LogP contribution is -2.44. The van der Waals surface area contributed by atoms with Crippen LogP contribution < -0.4 is 10.5 Å². The zero-order chi connectivity index (χ0) is 12.0. The molecule has 0 unspecified atom stereocenters. The fourth-order valence-electron chi connectivity index (χ4n) is 1.21. The van der Waals surface area contributed by atoms with Gasteiger partial charge in [-0.25, -0.2) is 4.98 Å². The summed E-state index contributed by atoms with van der Waals surface area (Å²) in [6.07, 6.45) is 3.28. The van der Waals surface area contributed by atoms with Crippen LogP contribution in [0.5, 0.6) is 5.75 Å². The molecule has 0 aromatic carbocycles. The van der Waals surface area contributed by atoms with Gasteiger partial charge in [0.25, 0.3) is 0 Å². The zero-order valence-corrected chi connectivity index (χ0v) is 9.73. The van der Waals surface area contributed by atoms with Gasteiger partial charge in [-0.3, -0.25) is 0 Å². The Morgan fingerprint density at radius 2 is 2.12 bits per heavy atom. The average molecular weight is 219 g/mol. The summed E-state index contributed by atoms with van der Waals surface area (Å²) in [4.78, 5) is 3.92. The molecular weight excluding hydrogens is 202 g/mol. The molecule has 0 saturated heterocycles. The van der Waals surface area contributed by atoms with E-state index < -0.39 is 0 Å². The molecule has 0 radical (unpaired) electrons. The van der Waals surface area contributed by atoms with Crippen LogP contribution in [0.3, 0.4) is 0 Å². The minimum absolute atomic E-state index is 0.284. The topological polar surface area (TPSA) is 71.9 Å². The van der Waals surface area contributed by atoms with E-state index in [2.05, 4.69) is 4.98 Å². The van der Waals surface area contributed by atoms with Gasteiger partial charge in [0.2, 0.25) is 0 Å². The van der Waals surface area contributed by atoms with Crippen molar-refractivity contribution in [1.82, 2.24) is 4.98 Å². The molecule has 1 rings (SSSR count). The SMILES string of the molecule is CCC(N)(CC)COc1ccc(C#N)nc1. The lowest BCUT2D eigenvalue weighted by atomic mass is 9.96. The van der Waals surface area contributed by atoms with Crippen LogP contribution in [0.2, 0.25) is 0 Å². The van der Waals surface area contributed by atoms with Crippen LogP contribution in [0.4, 0.5) is 0 Å². The Kier molecular flexibility index (Phi) is 4.27. The molecule has 86 valence electrons. The van der Waals surface area contributed by atoms with Crippen molar-refractivity contribution in [2.45, 2.75) is 32.2 Å². The van der Waals surface area contributed by atoms with Crippen LogP contribution in [0, 0.1) is 11.3 Å². The summed E-state index contributed by atoms with van der Waals surface area (Å²) in [5.41, 5.74) is 6.21. The van der Waals surface area contributed by atoms with E-state index in [0.29, 0.717) is 18.1 Å². The first kappa shape index (κ1) is 12.5. The highest BCUT2D eigenvalue weighted by Crippen LogP contribution is 2.15. The van der Waals surface area contributed by atoms with Crippen molar-refractivity contribution in [3.8, 4) is 11.8 Å². The van der Waals surface area contributed by atoms with Gasteiger partial charge in [0, 0.05) is 5.54 Å². The monoisotopic (exact) mass is 219 g/mol. The largest absolute Gasteiger partial charge is 0.490 e. The smallest absolute Gasteiger partial charge is 0.140 e. The Labute approximate surface area is 96.1 Å². The molecule has 16 heavy (non-hydrogen) atoms. The van der Waals surface area contributed by atoms with Crippen molar-refractivity contribution in [3.05, 3.63) is 24.0 Å². The molecule has 0 aliphatic heterocycles. The zero-order valence-electron chi connectivity index (χ0n) is 9.73. The van der Waals surface area contributed by atoms with Gasteiger partial charge in [-0.2, -0.15) is 5.26 Å². The van der Waals surface area contributed by atoms with E-state index >= 15 is 0 Å². The Hall–Kier alpha value is -1.60. The normalized spacial score (nSPS) is 10.9. The number of rotatable bonds is 5. The number of hydrogen-bond donors (Lipinski definition) is 1. The summed E-state index contributed by atoms with van der Waals surface area (Å²) in [5.74, 6) is 0.649. The van der Waals surface area contributed by atoms with E-state index in [9.17, 15) is 0 Å². The Morgan fingerprint density at radius 1 is 1.44 bits per heavy atom. The highest BCUT2D eigenvalue weighted by molar-refractivity contribution is 5.26. The molecular formula is C12H17N3O. The first-order chi connectivity index (χ1) is 7.63. The van der Waals surface area contributed by atoms with Gasteiger partial charge in [-0.1, -0.05) is 13.8 Å². The molecule has 0 saturated carbocycles. The highest BCUT2D eigenvalue weighted by Gasteiger charge is 2.21. The maximum atomic E-state index is 8.59. The molecule has 1 heterocycles. The van der Waals surface area contributed by atoms with Crippen LogP contribution >= 0.6 is 0 Å². The van der Waals surface area contributed by atoms with E-state index in [4.69, 9.17) is 15.7 Å². The second-order valence-electron chi connectivity index (χ2n) is 3.85.